The number of likely N-dealkylation sites (tertiary alicyclic amines) is 2. The molecule has 0 radical (unpaired) electrons. The number of nitrogens with two attached hydrogens (primary N) is 1. The number of amides is 5. The largest absolute Gasteiger partial charge is 0.442 e. The van der Waals surface area contributed by atoms with E-state index in [2.05, 4.69) is 35.5 Å². The molecule has 1 unspecified atom stereocenters. The number of nitrogens with one attached hydrogen (secondary N) is 2. The number of anilines is 3. The van der Waals surface area contributed by atoms with Crippen molar-refractivity contribution in [1.82, 2.24) is 39.8 Å². The molecule has 0 saturated carbocycles. The third kappa shape index (κ3) is 10.9. The molecule has 0 aliphatic carbocycles. The molecule has 18 nitrogen and oxygen atoms in total. The van der Waals surface area contributed by atoms with Crippen LogP contribution in [0.3, 0.4) is 0 Å². The lowest BCUT2D eigenvalue weighted by Crippen LogP contribution is -2.54. The second-order valence-corrected chi connectivity index (χ2v) is 19.7. The number of fused-ring (bicyclic) bond motifs is 1. The molecule has 4 N–H and O–H groups in total. The van der Waals surface area contributed by atoms with Gasteiger partial charge in [-0.2, -0.15) is 5.10 Å². The van der Waals surface area contributed by atoms with E-state index in [4.69, 9.17) is 10.5 Å². The minimum atomic E-state index is -1.36. The second-order valence-electron chi connectivity index (χ2n) is 19.7. The maximum absolute atomic E-state index is 15.5. The summed E-state index contributed by atoms with van der Waals surface area (Å²) in [6, 6.07) is 15.4. The van der Waals surface area contributed by atoms with Crippen LogP contribution in [-0.4, -0.2) is 128 Å². The van der Waals surface area contributed by atoms with Crippen molar-refractivity contribution in [3.05, 3.63) is 119 Å². The molecule has 20 heteroatoms. The summed E-state index contributed by atoms with van der Waals surface area (Å²) in [6.45, 7) is 7.40. The maximum atomic E-state index is 15.5. The summed E-state index contributed by atoms with van der Waals surface area (Å²) in [4.78, 5) is 94.3. The summed E-state index contributed by atoms with van der Waals surface area (Å²) in [5.74, 6) is -4.14. The van der Waals surface area contributed by atoms with Gasteiger partial charge in [0.05, 0.1) is 40.9 Å². The molecule has 0 bridgehead atoms. The van der Waals surface area contributed by atoms with Crippen LogP contribution in [0.1, 0.15) is 107 Å². The number of benzene rings is 3. The highest BCUT2D eigenvalue weighted by molar-refractivity contribution is 6.23. The molecule has 2 atom stereocenters. The Bertz CT molecular complexity index is 2900. The van der Waals surface area contributed by atoms with Crippen molar-refractivity contribution in [3.8, 4) is 11.3 Å². The standard InChI is InChI=1S/C53H57F2N11O7/c54-36-6-8-37(9-7-36)59-50(69)47(34-4-2-1-3-5-34)73-53(72)46-48(56)57-29-42(60-46)35-28-58-65(31-35)38-17-22-63(23-18-38)30-33-13-20-62(21-14-33)19-12-32-15-24-64(25-16-32)44-27-40-39(26-41(44)55)51(70)66(52(40)71)43-10-11-45(67)61-49(43)68/h1-9,26-29,31-33,38,43,47H,10-25,30H2,(H2,56,57)(H,59,69)(H,61,67,68)/t43?,47-/m1/s1. The molecule has 2 aromatic heterocycles. The number of carbonyl (C=O) groups excluding carboxylic acids is 6. The van der Waals surface area contributed by atoms with Crippen LogP contribution in [0.15, 0.2) is 85.3 Å². The van der Waals surface area contributed by atoms with E-state index >= 15 is 4.39 Å². The van der Waals surface area contributed by atoms with Crippen LogP contribution >= 0.6 is 0 Å². The normalized spacial score (nSPS) is 20.0. The average Bonchev–Trinajstić information content (AvgIpc) is 3.98. The first-order valence-corrected chi connectivity index (χ1v) is 25.1. The number of aromatic nitrogens is 4. The molecule has 4 fully saturated rings. The summed E-state index contributed by atoms with van der Waals surface area (Å²) in [5.41, 5.74) is 7.98. The van der Waals surface area contributed by atoms with Crippen LogP contribution in [0, 0.1) is 23.5 Å². The molecule has 5 amide bonds. The van der Waals surface area contributed by atoms with Crippen LogP contribution in [0.2, 0.25) is 0 Å². The number of hydrogen-bond acceptors (Lipinski definition) is 14. The highest BCUT2D eigenvalue weighted by Crippen LogP contribution is 2.35. The Kier molecular flexibility index (Phi) is 14.4. The maximum Gasteiger partial charge on any atom is 0.361 e. The topological polar surface area (TPSA) is 218 Å². The molecule has 73 heavy (non-hydrogen) atoms. The van der Waals surface area contributed by atoms with Crippen LogP contribution < -0.4 is 21.3 Å². The van der Waals surface area contributed by atoms with E-state index in [-0.39, 0.29) is 47.2 Å². The zero-order valence-corrected chi connectivity index (χ0v) is 40.3. The summed E-state index contributed by atoms with van der Waals surface area (Å²) in [6.07, 6.45) is 10.8. The van der Waals surface area contributed by atoms with E-state index < -0.39 is 59.3 Å². The number of hydrogen-bond donors (Lipinski definition) is 3. The van der Waals surface area contributed by atoms with Gasteiger partial charge in [0, 0.05) is 62.2 Å². The number of esters is 1. The first kappa shape index (κ1) is 49.1. The van der Waals surface area contributed by atoms with E-state index in [1.807, 2.05) is 15.8 Å². The fraction of sp³-hybridized carbons (Fsp3) is 0.415. The Morgan fingerprint density at radius 1 is 0.808 bits per heavy atom. The SMILES string of the molecule is Nc1ncc(-c2cnn(C3CCN(CC4CCN(CCC5CCN(c6cc7c(cc6F)C(=O)N(C6CCC(=O)NC6=O)C7=O)CC5)CC4)CC3)c2)nc1C(=O)O[C@@H](C(=O)Nc1ccc(F)cc1)c1ccccc1. The Morgan fingerprint density at radius 2 is 1.49 bits per heavy atom. The lowest BCUT2D eigenvalue weighted by Gasteiger charge is -2.38. The predicted molar refractivity (Wildman–Crippen MR) is 264 cm³/mol. The minimum Gasteiger partial charge on any atom is -0.442 e. The van der Waals surface area contributed by atoms with Crippen LogP contribution in [0.4, 0.5) is 26.0 Å². The van der Waals surface area contributed by atoms with Crippen molar-refractivity contribution < 1.29 is 42.3 Å². The van der Waals surface area contributed by atoms with Gasteiger partial charge < -0.3 is 30.5 Å². The zero-order chi connectivity index (χ0) is 50.8. The second kappa shape index (κ2) is 21.3. The predicted octanol–water partition coefficient (Wildman–Crippen LogP) is 5.79. The van der Waals surface area contributed by atoms with Gasteiger partial charge in [-0.05, 0) is 119 Å². The highest BCUT2D eigenvalue weighted by Gasteiger charge is 2.45. The van der Waals surface area contributed by atoms with Crippen molar-refractivity contribution in [2.45, 2.75) is 76.0 Å². The van der Waals surface area contributed by atoms with Crippen LogP contribution in [-0.2, 0) is 19.1 Å². The first-order valence-electron chi connectivity index (χ1n) is 25.1. The Labute approximate surface area is 420 Å². The van der Waals surface area contributed by atoms with Crippen LogP contribution in [0.5, 0.6) is 0 Å². The van der Waals surface area contributed by atoms with Gasteiger partial charge in [0.2, 0.25) is 17.9 Å². The number of imide groups is 2. The molecule has 5 aliphatic rings. The number of nitrogens with zero attached hydrogens (tertiary/aromatic N) is 8. The number of piperidine rings is 4. The van der Waals surface area contributed by atoms with E-state index in [1.54, 1.807) is 36.5 Å². The van der Waals surface area contributed by atoms with Gasteiger partial charge in [-0.3, -0.25) is 38.9 Å². The summed E-state index contributed by atoms with van der Waals surface area (Å²) in [7, 11) is 0. The Morgan fingerprint density at radius 3 is 2.21 bits per heavy atom. The first-order chi connectivity index (χ1) is 35.3. The minimum absolute atomic E-state index is 0.0168. The van der Waals surface area contributed by atoms with Crippen molar-refractivity contribution in [1.29, 1.82) is 0 Å². The molecular weight excluding hydrogens is 941 g/mol. The van der Waals surface area contributed by atoms with Gasteiger partial charge >= 0.3 is 5.97 Å². The highest BCUT2D eigenvalue weighted by atomic mass is 19.1. The molecule has 10 rings (SSSR count). The number of rotatable bonds is 14. The average molecular weight is 998 g/mol. The molecule has 0 spiro atoms. The molecular formula is C53H57F2N11O7. The van der Waals surface area contributed by atoms with E-state index in [0.717, 1.165) is 95.2 Å². The van der Waals surface area contributed by atoms with Crippen molar-refractivity contribution in [3.63, 3.8) is 0 Å². The number of halogens is 2. The summed E-state index contributed by atoms with van der Waals surface area (Å²) in [5, 5.41) is 9.53. The molecule has 380 valence electrons. The smallest absolute Gasteiger partial charge is 0.361 e. The van der Waals surface area contributed by atoms with Crippen molar-refractivity contribution in [2.75, 3.05) is 68.3 Å². The van der Waals surface area contributed by atoms with Gasteiger partial charge in [0.15, 0.2) is 11.5 Å². The third-order valence-corrected chi connectivity index (χ3v) is 15.0. The Hall–Kier alpha value is -7.45. The van der Waals surface area contributed by atoms with Gasteiger partial charge in [-0.1, -0.05) is 30.3 Å². The fourth-order valence-electron chi connectivity index (χ4n) is 10.8. The Balaban J connectivity index is 0.655. The molecule has 4 saturated heterocycles. The molecule has 5 aromatic rings. The quantitative estimate of drug-likeness (QED) is 0.0886. The number of carbonyl (C=O) groups is 6. The van der Waals surface area contributed by atoms with Gasteiger partial charge in [-0.25, -0.2) is 23.5 Å². The van der Waals surface area contributed by atoms with Crippen molar-refractivity contribution in [2.24, 2.45) is 11.8 Å². The van der Waals surface area contributed by atoms with E-state index in [0.29, 0.717) is 47.4 Å². The summed E-state index contributed by atoms with van der Waals surface area (Å²) >= 11 is 0. The van der Waals surface area contributed by atoms with E-state index in [1.165, 1.54) is 36.5 Å². The third-order valence-electron chi connectivity index (χ3n) is 15.0. The van der Waals surface area contributed by atoms with Gasteiger partial charge in [-0.15, -0.1) is 0 Å². The fourth-order valence-corrected chi connectivity index (χ4v) is 10.8. The van der Waals surface area contributed by atoms with Crippen LogP contribution in [0.25, 0.3) is 11.3 Å². The van der Waals surface area contributed by atoms with Gasteiger partial charge in [0.1, 0.15) is 17.7 Å². The summed E-state index contributed by atoms with van der Waals surface area (Å²) < 4.78 is 36.7. The van der Waals surface area contributed by atoms with Gasteiger partial charge in [0.25, 0.3) is 17.7 Å². The lowest BCUT2D eigenvalue weighted by atomic mass is 9.91. The lowest BCUT2D eigenvalue weighted by molar-refractivity contribution is -0.136. The number of ether oxygens (including phenoxy) is 1. The zero-order valence-electron chi connectivity index (χ0n) is 40.3. The molecule has 3 aromatic carbocycles. The number of nitrogen functional groups attached to an aromatic ring is 1. The monoisotopic (exact) mass is 997 g/mol. The molecule has 5 aliphatic heterocycles. The van der Waals surface area contributed by atoms with E-state index in [9.17, 15) is 33.2 Å². The molecule has 7 heterocycles. The van der Waals surface area contributed by atoms with Crippen molar-refractivity contribution >= 4 is 52.7 Å².